The highest BCUT2D eigenvalue weighted by atomic mass is 19.4. The summed E-state index contributed by atoms with van der Waals surface area (Å²) in [6.07, 6.45) is -13.2. The van der Waals surface area contributed by atoms with Crippen LogP contribution in [0.1, 0.15) is 90.7 Å². The molecule has 2 saturated heterocycles. The van der Waals surface area contributed by atoms with Crippen molar-refractivity contribution in [1.82, 2.24) is 0 Å². The van der Waals surface area contributed by atoms with E-state index in [2.05, 4.69) is 6.58 Å². The number of alkyl halides is 6. The van der Waals surface area contributed by atoms with Gasteiger partial charge in [-0.1, -0.05) is 99.7 Å². The molecule has 17 heteroatoms. The van der Waals surface area contributed by atoms with Crippen molar-refractivity contribution >= 4 is 23.9 Å². The summed E-state index contributed by atoms with van der Waals surface area (Å²) >= 11 is 0. The predicted octanol–water partition coefficient (Wildman–Crippen LogP) is 9.42. The van der Waals surface area contributed by atoms with Crippen LogP contribution in [-0.4, -0.2) is 87.1 Å². The van der Waals surface area contributed by atoms with Crippen molar-refractivity contribution in [2.75, 3.05) is 20.8 Å². The van der Waals surface area contributed by atoms with E-state index < -0.39 is 94.4 Å². The summed E-state index contributed by atoms with van der Waals surface area (Å²) in [5.74, 6) is -6.65. The second-order valence-electron chi connectivity index (χ2n) is 17.3. The zero-order valence-corrected chi connectivity index (χ0v) is 37.6. The van der Waals surface area contributed by atoms with Gasteiger partial charge in [0.15, 0.2) is 6.10 Å². The Labute approximate surface area is 375 Å². The molecule has 2 bridgehead atoms. The van der Waals surface area contributed by atoms with Gasteiger partial charge in [-0.3, -0.25) is 4.79 Å². The molecule has 11 atom stereocenters. The van der Waals surface area contributed by atoms with Crippen LogP contribution in [-0.2, 0) is 63.5 Å². The zero-order valence-electron chi connectivity index (χ0n) is 37.6. The Morgan fingerprint density at radius 3 is 1.94 bits per heavy atom. The van der Waals surface area contributed by atoms with Crippen LogP contribution in [0.4, 0.5) is 26.3 Å². The molecule has 2 aromatic rings. The van der Waals surface area contributed by atoms with E-state index in [9.17, 15) is 32.3 Å². The molecule has 2 aromatic carbocycles. The molecule has 2 aliphatic heterocycles. The summed E-state index contributed by atoms with van der Waals surface area (Å²) in [6, 6.07) is 12.3. The van der Waals surface area contributed by atoms with Crippen molar-refractivity contribution in [3.8, 4) is 0 Å². The Balaban J connectivity index is 1.55. The fraction of sp³-hybridized carbons (Fsp3) is 0.583. The van der Waals surface area contributed by atoms with Gasteiger partial charge in [-0.15, -0.1) is 0 Å². The number of methoxy groups -OCH3 is 2. The first kappa shape index (κ1) is 51.2. The summed E-state index contributed by atoms with van der Waals surface area (Å²) in [5.41, 5.74) is -8.95. The molecule has 0 radical (unpaired) electrons. The molecular formula is C48H58F6O11. The van der Waals surface area contributed by atoms with Crippen molar-refractivity contribution in [1.29, 1.82) is 0 Å². The third kappa shape index (κ3) is 10.0. The van der Waals surface area contributed by atoms with Crippen molar-refractivity contribution in [3.05, 3.63) is 95.6 Å². The second kappa shape index (κ2) is 20.4. The number of carbonyl (C=O) groups excluding carboxylic acids is 4. The van der Waals surface area contributed by atoms with E-state index >= 15 is 13.2 Å². The van der Waals surface area contributed by atoms with Gasteiger partial charge in [-0.25, -0.2) is 14.4 Å². The van der Waals surface area contributed by atoms with Gasteiger partial charge >= 0.3 is 36.2 Å². The van der Waals surface area contributed by atoms with E-state index in [1.54, 1.807) is 0 Å². The van der Waals surface area contributed by atoms with Crippen LogP contribution < -0.4 is 0 Å². The number of ether oxygens (including phenoxy) is 7. The van der Waals surface area contributed by atoms with E-state index in [0.717, 1.165) is 36.9 Å². The highest BCUT2D eigenvalue weighted by molar-refractivity contribution is 5.86. The van der Waals surface area contributed by atoms with Crippen LogP contribution in [0.25, 0.3) is 0 Å². The maximum Gasteiger partial charge on any atom is 0.432 e. The lowest BCUT2D eigenvalue weighted by atomic mass is 9.62. The first-order chi connectivity index (χ1) is 30.6. The third-order valence-corrected chi connectivity index (χ3v) is 13.1. The quantitative estimate of drug-likeness (QED) is 0.0691. The average Bonchev–Trinajstić information content (AvgIpc) is 3.65. The minimum absolute atomic E-state index is 0.0000295. The van der Waals surface area contributed by atoms with Crippen LogP contribution in [0.5, 0.6) is 0 Å². The topological polar surface area (TPSA) is 133 Å². The monoisotopic (exact) mass is 924 g/mol. The Hall–Kier alpha value is -4.74. The van der Waals surface area contributed by atoms with E-state index in [4.69, 9.17) is 33.2 Å². The van der Waals surface area contributed by atoms with Gasteiger partial charge in [0.25, 0.3) is 11.2 Å². The average molecular weight is 925 g/mol. The standard InChI is InChI=1S/C48H58F6O11/c1-9-17-37(55)61-27-30(5)33-23-22-28(3)38-36-26-29(4)35(64-43(58)46(60-8,48(52,53)54)32-20-15-12-16-21-32)24-25-44(6,40(62-36)39(33)38)65-41(56)34(10-2)63-42(57)45(59-7,47(49,50)51)31-18-13-11-14-19-31/h11-16,18-22,30,33-36,38-40H,4,9-10,17,23-27H2,1-3,5-8H3/t30-,33+,34+,35-,36+,38+,39+,40+,44+,45-,46-/m0/s1. The van der Waals surface area contributed by atoms with Gasteiger partial charge in [-0.05, 0) is 69.8 Å². The minimum atomic E-state index is -5.35. The van der Waals surface area contributed by atoms with Gasteiger partial charge in [0.05, 0.1) is 12.7 Å². The second-order valence-corrected chi connectivity index (χ2v) is 17.3. The van der Waals surface area contributed by atoms with Crippen LogP contribution in [0.3, 0.4) is 0 Å². The summed E-state index contributed by atoms with van der Waals surface area (Å²) in [4.78, 5) is 54.6. The van der Waals surface area contributed by atoms with Crippen molar-refractivity contribution < 1.29 is 78.7 Å². The van der Waals surface area contributed by atoms with Gasteiger partial charge in [0.2, 0.25) is 0 Å². The summed E-state index contributed by atoms with van der Waals surface area (Å²) < 4.78 is 129. The van der Waals surface area contributed by atoms with E-state index in [0.29, 0.717) is 20.0 Å². The number of fused-ring (bicyclic) bond motifs is 5. The summed E-state index contributed by atoms with van der Waals surface area (Å²) in [5, 5.41) is 0. The zero-order chi connectivity index (χ0) is 48.1. The fourth-order valence-corrected chi connectivity index (χ4v) is 9.66. The predicted molar refractivity (Wildman–Crippen MR) is 222 cm³/mol. The molecule has 0 unspecified atom stereocenters. The smallest absolute Gasteiger partial charge is 0.432 e. The number of allylic oxidation sites excluding steroid dienone is 1. The molecule has 65 heavy (non-hydrogen) atoms. The van der Waals surface area contributed by atoms with Gasteiger partial charge < -0.3 is 33.2 Å². The Bertz CT molecular complexity index is 2040. The summed E-state index contributed by atoms with van der Waals surface area (Å²) in [6.45, 7) is 12.8. The molecule has 3 aliphatic rings. The van der Waals surface area contributed by atoms with Crippen LogP contribution in [0.15, 0.2) is 84.5 Å². The van der Waals surface area contributed by atoms with Crippen LogP contribution >= 0.6 is 0 Å². The number of benzene rings is 2. The van der Waals surface area contributed by atoms with Crippen molar-refractivity contribution in [3.63, 3.8) is 0 Å². The number of hydrogen-bond donors (Lipinski definition) is 0. The fourth-order valence-electron chi connectivity index (χ4n) is 9.66. The van der Waals surface area contributed by atoms with E-state index in [-0.39, 0.29) is 62.1 Å². The van der Waals surface area contributed by atoms with Crippen molar-refractivity contribution in [2.24, 2.45) is 23.7 Å². The number of esters is 4. The molecule has 0 amide bonds. The Morgan fingerprint density at radius 2 is 1.43 bits per heavy atom. The maximum atomic E-state index is 15.0. The number of rotatable bonds is 16. The molecule has 5 rings (SSSR count). The molecule has 0 spiro atoms. The largest absolute Gasteiger partial charge is 0.465 e. The van der Waals surface area contributed by atoms with Gasteiger partial charge in [0, 0.05) is 43.6 Å². The Morgan fingerprint density at radius 1 is 0.877 bits per heavy atom. The highest BCUT2D eigenvalue weighted by Crippen LogP contribution is 2.55. The lowest BCUT2D eigenvalue weighted by molar-refractivity contribution is -0.279. The van der Waals surface area contributed by atoms with E-state index in [1.165, 1.54) is 50.2 Å². The molecule has 0 N–H and O–H groups in total. The lowest BCUT2D eigenvalue weighted by Gasteiger charge is -2.45. The maximum absolute atomic E-state index is 15.0. The number of hydrogen-bond acceptors (Lipinski definition) is 11. The first-order valence-electron chi connectivity index (χ1n) is 21.7. The molecular weight excluding hydrogens is 867 g/mol. The SMILES string of the molecule is C=C1C[C@H]2O[C@H]([C@@H]3[C@@H]([C@@H](C)COC(=O)CCC)CC=C(C)[C@@H]32)[C@](C)(OC(=O)[C@@H](CC)OC(=O)[C@@](OC)(c2ccccc2)C(F)(F)F)CC[C@@H]1OC(=O)[C@@](OC)(c1ccccc1)C(F)(F)F. The molecule has 2 heterocycles. The number of halogens is 6. The van der Waals surface area contributed by atoms with Crippen molar-refractivity contribution in [2.45, 2.75) is 133 Å². The van der Waals surface area contributed by atoms with Crippen LogP contribution in [0, 0.1) is 23.7 Å². The highest BCUT2D eigenvalue weighted by Gasteiger charge is 2.66. The molecule has 1 aliphatic carbocycles. The first-order valence-corrected chi connectivity index (χ1v) is 21.7. The van der Waals surface area contributed by atoms with Gasteiger partial charge in [-0.2, -0.15) is 26.3 Å². The lowest BCUT2D eigenvalue weighted by Crippen LogP contribution is -2.55. The molecule has 2 fully saturated rings. The Kier molecular flexibility index (Phi) is 16.1. The molecule has 0 aromatic heterocycles. The molecule has 11 nitrogen and oxygen atoms in total. The summed E-state index contributed by atoms with van der Waals surface area (Å²) in [7, 11) is 1.43. The third-order valence-electron chi connectivity index (χ3n) is 13.1. The normalized spacial score (nSPS) is 27.5. The van der Waals surface area contributed by atoms with Crippen LogP contribution in [0.2, 0.25) is 0 Å². The molecule has 358 valence electrons. The molecule has 0 saturated carbocycles. The minimum Gasteiger partial charge on any atom is -0.465 e. The van der Waals surface area contributed by atoms with E-state index in [1.807, 2.05) is 26.8 Å². The van der Waals surface area contributed by atoms with Gasteiger partial charge in [0.1, 0.15) is 17.8 Å². The number of carbonyl (C=O) groups is 4.